The summed E-state index contributed by atoms with van der Waals surface area (Å²) >= 11 is 0. The van der Waals surface area contributed by atoms with E-state index in [9.17, 15) is 4.79 Å². The first-order valence-electron chi connectivity index (χ1n) is 4.39. The molecule has 14 heavy (non-hydrogen) atoms. The molecule has 1 rings (SSSR count). The summed E-state index contributed by atoms with van der Waals surface area (Å²) in [6, 6.07) is 0. The van der Waals surface area contributed by atoms with Gasteiger partial charge < -0.3 is 10.5 Å². The Labute approximate surface area is 81.9 Å². The van der Waals surface area contributed by atoms with Crippen molar-refractivity contribution in [2.75, 3.05) is 5.73 Å². The molecular weight excluding hydrogens is 184 g/mol. The third-order valence-electron chi connectivity index (χ3n) is 1.93. The molecule has 78 valence electrons. The summed E-state index contributed by atoms with van der Waals surface area (Å²) in [5.41, 5.74) is 5.25. The molecule has 0 aromatic carbocycles. The fourth-order valence-corrected chi connectivity index (χ4v) is 0.727. The summed E-state index contributed by atoms with van der Waals surface area (Å²) in [5, 5.41) is 5.92. The highest BCUT2D eigenvalue weighted by molar-refractivity contribution is 5.85. The zero-order chi connectivity index (χ0) is 10.7. The Morgan fingerprint density at radius 3 is 2.57 bits per heavy atom. The standard InChI is InChI=1S/C8H14N4O2/c1-4(2)5(3)14-7(13)6-10-8(9)12-11-6/h4-5H,1-3H3,(H3,9,10,11,12). The van der Waals surface area contributed by atoms with Crippen molar-refractivity contribution in [1.82, 2.24) is 15.2 Å². The van der Waals surface area contributed by atoms with Crippen LogP contribution in [0.5, 0.6) is 0 Å². The van der Waals surface area contributed by atoms with Crippen LogP contribution < -0.4 is 5.73 Å². The minimum atomic E-state index is -0.532. The largest absolute Gasteiger partial charge is 0.457 e. The van der Waals surface area contributed by atoms with Crippen LogP contribution in [-0.4, -0.2) is 27.3 Å². The summed E-state index contributed by atoms with van der Waals surface area (Å²) in [6.07, 6.45) is -0.158. The predicted octanol–water partition coefficient (Wildman–Crippen LogP) is 0.588. The van der Waals surface area contributed by atoms with Gasteiger partial charge in [-0.25, -0.2) is 4.79 Å². The monoisotopic (exact) mass is 198 g/mol. The van der Waals surface area contributed by atoms with Gasteiger partial charge in [-0.3, -0.25) is 5.10 Å². The first kappa shape index (κ1) is 10.5. The quantitative estimate of drug-likeness (QED) is 0.693. The highest BCUT2D eigenvalue weighted by atomic mass is 16.5. The predicted molar refractivity (Wildman–Crippen MR) is 50.5 cm³/mol. The minimum absolute atomic E-state index is 0.0363. The van der Waals surface area contributed by atoms with Gasteiger partial charge in [0, 0.05) is 0 Å². The number of hydrogen-bond acceptors (Lipinski definition) is 5. The van der Waals surface area contributed by atoms with Crippen molar-refractivity contribution in [2.45, 2.75) is 26.9 Å². The number of aromatic nitrogens is 3. The highest BCUT2D eigenvalue weighted by Gasteiger charge is 2.17. The molecule has 1 aromatic heterocycles. The van der Waals surface area contributed by atoms with Gasteiger partial charge in [-0.2, -0.15) is 4.98 Å². The van der Waals surface area contributed by atoms with Gasteiger partial charge in [0.2, 0.25) is 11.8 Å². The lowest BCUT2D eigenvalue weighted by atomic mass is 10.1. The smallest absolute Gasteiger partial charge is 0.376 e. The molecular formula is C8H14N4O2. The van der Waals surface area contributed by atoms with Crippen LogP contribution in [0.1, 0.15) is 31.4 Å². The second-order valence-electron chi connectivity index (χ2n) is 3.40. The van der Waals surface area contributed by atoms with E-state index in [1.807, 2.05) is 20.8 Å². The first-order chi connectivity index (χ1) is 6.50. The SMILES string of the molecule is CC(C)C(C)OC(=O)c1nc(N)n[nH]1. The summed E-state index contributed by atoms with van der Waals surface area (Å²) in [6.45, 7) is 5.75. The van der Waals surface area contributed by atoms with E-state index in [1.54, 1.807) is 0 Å². The lowest BCUT2D eigenvalue weighted by Gasteiger charge is -2.15. The Morgan fingerprint density at radius 2 is 2.14 bits per heavy atom. The number of anilines is 1. The molecule has 0 amide bonds. The van der Waals surface area contributed by atoms with E-state index in [0.29, 0.717) is 0 Å². The number of esters is 1. The summed E-state index contributed by atoms with van der Waals surface area (Å²) < 4.78 is 5.08. The number of carbonyl (C=O) groups excluding carboxylic acids is 1. The van der Waals surface area contributed by atoms with Gasteiger partial charge in [0.25, 0.3) is 0 Å². The van der Waals surface area contributed by atoms with Crippen LogP contribution in [-0.2, 0) is 4.74 Å². The molecule has 6 nitrogen and oxygen atoms in total. The van der Waals surface area contributed by atoms with Crippen LogP contribution >= 0.6 is 0 Å². The van der Waals surface area contributed by atoms with Gasteiger partial charge in [0.1, 0.15) is 6.10 Å². The highest BCUT2D eigenvalue weighted by Crippen LogP contribution is 2.07. The fraction of sp³-hybridized carbons (Fsp3) is 0.625. The van der Waals surface area contributed by atoms with E-state index < -0.39 is 5.97 Å². The summed E-state index contributed by atoms with van der Waals surface area (Å²) in [4.78, 5) is 15.0. The lowest BCUT2D eigenvalue weighted by Crippen LogP contribution is -2.21. The van der Waals surface area contributed by atoms with Crippen molar-refractivity contribution in [3.8, 4) is 0 Å². The number of hydrogen-bond donors (Lipinski definition) is 2. The molecule has 1 unspecified atom stereocenters. The van der Waals surface area contributed by atoms with Gasteiger partial charge in [-0.1, -0.05) is 13.8 Å². The minimum Gasteiger partial charge on any atom is -0.457 e. The Morgan fingerprint density at radius 1 is 1.50 bits per heavy atom. The first-order valence-corrected chi connectivity index (χ1v) is 4.39. The molecule has 3 N–H and O–H groups in total. The molecule has 6 heteroatoms. The van der Waals surface area contributed by atoms with Gasteiger partial charge >= 0.3 is 5.97 Å². The van der Waals surface area contributed by atoms with Crippen molar-refractivity contribution in [2.24, 2.45) is 5.92 Å². The molecule has 0 saturated heterocycles. The second-order valence-corrected chi connectivity index (χ2v) is 3.40. The maximum atomic E-state index is 11.4. The third-order valence-corrected chi connectivity index (χ3v) is 1.93. The van der Waals surface area contributed by atoms with E-state index in [2.05, 4.69) is 15.2 Å². The average Bonchev–Trinajstić information content (AvgIpc) is 2.51. The van der Waals surface area contributed by atoms with Crippen molar-refractivity contribution in [3.05, 3.63) is 5.82 Å². The Balaban J connectivity index is 2.59. The molecule has 0 radical (unpaired) electrons. The van der Waals surface area contributed by atoms with Crippen LogP contribution in [0.15, 0.2) is 0 Å². The number of H-pyrrole nitrogens is 1. The number of carbonyl (C=O) groups is 1. The molecule has 0 aliphatic rings. The van der Waals surface area contributed by atoms with E-state index in [-0.39, 0.29) is 23.8 Å². The second kappa shape index (κ2) is 4.08. The Kier molecular flexibility index (Phi) is 3.06. The van der Waals surface area contributed by atoms with Gasteiger partial charge in [0.15, 0.2) is 0 Å². The zero-order valence-electron chi connectivity index (χ0n) is 8.44. The summed E-state index contributed by atoms with van der Waals surface area (Å²) in [5.74, 6) is -0.196. The molecule has 0 bridgehead atoms. The zero-order valence-corrected chi connectivity index (χ0v) is 8.44. The van der Waals surface area contributed by atoms with E-state index in [4.69, 9.17) is 10.5 Å². The Bertz CT molecular complexity index is 321. The van der Waals surface area contributed by atoms with Gasteiger partial charge in [-0.15, -0.1) is 5.10 Å². The molecule has 1 aromatic rings. The van der Waals surface area contributed by atoms with Gasteiger partial charge in [-0.05, 0) is 12.8 Å². The maximum Gasteiger partial charge on any atom is 0.376 e. The van der Waals surface area contributed by atoms with Gasteiger partial charge in [0.05, 0.1) is 0 Å². The molecule has 0 aliphatic carbocycles. The molecule has 0 aliphatic heterocycles. The number of nitrogen functional groups attached to an aromatic ring is 1. The fourth-order valence-electron chi connectivity index (χ4n) is 0.727. The number of aromatic amines is 1. The van der Waals surface area contributed by atoms with Crippen LogP contribution in [0.2, 0.25) is 0 Å². The molecule has 0 spiro atoms. The number of ether oxygens (including phenoxy) is 1. The number of nitrogens with one attached hydrogen (secondary N) is 1. The number of rotatable bonds is 3. The maximum absolute atomic E-state index is 11.4. The molecule has 0 saturated carbocycles. The lowest BCUT2D eigenvalue weighted by molar-refractivity contribution is 0.0224. The topological polar surface area (TPSA) is 93.9 Å². The van der Waals surface area contributed by atoms with Crippen LogP contribution in [0, 0.1) is 5.92 Å². The van der Waals surface area contributed by atoms with E-state index in [0.717, 1.165) is 0 Å². The van der Waals surface area contributed by atoms with Crippen LogP contribution in [0.25, 0.3) is 0 Å². The van der Waals surface area contributed by atoms with E-state index >= 15 is 0 Å². The molecule has 0 fully saturated rings. The molecule has 1 heterocycles. The van der Waals surface area contributed by atoms with Crippen molar-refractivity contribution >= 4 is 11.9 Å². The Hall–Kier alpha value is -1.59. The van der Waals surface area contributed by atoms with Crippen molar-refractivity contribution in [3.63, 3.8) is 0 Å². The van der Waals surface area contributed by atoms with E-state index in [1.165, 1.54) is 0 Å². The third kappa shape index (κ3) is 2.45. The van der Waals surface area contributed by atoms with Crippen molar-refractivity contribution in [1.29, 1.82) is 0 Å². The van der Waals surface area contributed by atoms with Crippen molar-refractivity contribution < 1.29 is 9.53 Å². The number of nitrogens with zero attached hydrogens (tertiary/aromatic N) is 2. The number of nitrogens with two attached hydrogens (primary N) is 1. The molecule has 1 atom stereocenters. The van der Waals surface area contributed by atoms with Crippen LogP contribution in [0.4, 0.5) is 5.95 Å². The summed E-state index contributed by atoms with van der Waals surface area (Å²) in [7, 11) is 0. The average molecular weight is 198 g/mol. The normalized spacial score (nSPS) is 12.9. The van der Waals surface area contributed by atoms with Crippen LogP contribution in [0.3, 0.4) is 0 Å².